The van der Waals surface area contributed by atoms with Crippen molar-refractivity contribution in [2.45, 2.75) is 39.7 Å². The van der Waals surface area contributed by atoms with Gasteiger partial charge in [0, 0.05) is 44.0 Å². The summed E-state index contributed by atoms with van der Waals surface area (Å²) in [7, 11) is 0. The topological polar surface area (TPSA) is 74.5 Å². The second-order valence-electron chi connectivity index (χ2n) is 9.50. The third-order valence-electron chi connectivity index (χ3n) is 6.53. The molecule has 0 unspecified atom stereocenters. The van der Waals surface area contributed by atoms with Gasteiger partial charge in [0.05, 0.1) is 5.69 Å². The average Bonchev–Trinajstić information content (AvgIpc) is 3.40. The largest absolute Gasteiger partial charge is 0.423 e. The zero-order chi connectivity index (χ0) is 22.1. The summed E-state index contributed by atoms with van der Waals surface area (Å²) in [6.07, 6.45) is 2.87. The molecule has 7 nitrogen and oxygen atoms in total. The van der Waals surface area contributed by atoms with Gasteiger partial charge in [0.2, 0.25) is 5.91 Å². The minimum absolute atomic E-state index is 0.00762. The number of carbonyl (C=O) groups excluding carboxylic acids is 1. The fourth-order valence-corrected chi connectivity index (χ4v) is 5.83. The molecule has 0 aliphatic carbocycles. The molecule has 0 radical (unpaired) electrons. The first-order chi connectivity index (χ1) is 15.5. The molecular weight excluding hydrogens is 422 g/mol. The molecule has 32 heavy (non-hydrogen) atoms. The Balaban J connectivity index is 1.13. The number of anilines is 2. The summed E-state index contributed by atoms with van der Waals surface area (Å²) in [5, 5.41) is 5.85. The van der Waals surface area contributed by atoms with Crippen LogP contribution in [-0.2, 0) is 11.3 Å². The Morgan fingerprint density at radius 1 is 1.16 bits per heavy atom. The summed E-state index contributed by atoms with van der Waals surface area (Å²) in [4.78, 5) is 26.7. The number of fused-ring (bicyclic) bond motifs is 1. The number of amides is 1. The highest BCUT2D eigenvalue weighted by Crippen LogP contribution is 2.28. The lowest BCUT2D eigenvalue weighted by Crippen LogP contribution is -2.38. The zero-order valence-electron chi connectivity index (χ0n) is 18.8. The Labute approximate surface area is 192 Å². The first kappa shape index (κ1) is 21.4. The number of carbonyl (C=O) groups is 1. The molecule has 2 aliphatic heterocycles. The molecule has 170 valence electrons. The van der Waals surface area contributed by atoms with Gasteiger partial charge in [0.1, 0.15) is 5.52 Å². The lowest BCUT2D eigenvalue weighted by molar-refractivity contribution is -0.120. The zero-order valence-corrected chi connectivity index (χ0v) is 19.6. The molecular formula is C24H31N5O2S. The van der Waals surface area contributed by atoms with Crippen molar-refractivity contribution in [2.75, 3.05) is 36.4 Å². The lowest BCUT2D eigenvalue weighted by atomic mass is 9.92. The first-order valence-electron chi connectivity index (χ1n) is 11.6. The van der Waals surface area contributed by atoms with Gasteiger partial charge in [-0.15, -0.1) is 11.3 Å². The fourth-order valence-electron chi connectivity index (χ4n) is 5.12. The van der Waals surface area contributed by atoms with Gasteiger partial charge in [-0.25, -0.2) is 4.98 Å². The van der Waals surface area contributed by atoms with Crippen LogP contribution in [0.15, 0.2) is 34.1 Å². The van der Waals surface area contributed by atoms with E-state index < -0.39 is 0 Å². The molecule has 2 fully saturated rings. The van der Waals surface area contributed by atoms with Gasteiger partial charge in [-0.1, -0.05) is 26.0 Å². The van der Waals surface area contributed by atoms with Crippen molar-refractivity contribution in [1.29, 1.82) is 0 Å². The number of aromatic nitrogens is 2. The predicted molar refractivity (Wildman–Crippen MR) is 128 cm³/mol. The third kappa shape index (κ3) is 4.81. The van der Waals surface area contributed by atoms with E-state index in [1.54, 1.807) is 0 Å². The standard InChI is InChI=1S/C24H31N5O2S/c1-16-11-17(2)13-28(12-16)14-19-15-32-23(25-19)27-22(30)18-7-9-29(10-8-18)24-26-20-5-3-4-6-21(20)31-24/h3-6,15-18H,7-14H2,1-2H3,(H,25,27,30)/t16-,17-/m1/s1. The maximum Gasteiger partial charge on any atom is 0.298 e. The highest BCUT2D eigenvalue weighted by molar-refractivity contribution is 7.13. The van der Waals surface area contributed by atoms with E-state index in [-0.39, 0.29) is 11.8 Å². The van der Waals surface area contributed by atoms with Crippen molar-refractivity contribution in [3.63, 3.8) is 0 Å². The second-order valence-corrected chi connectivity index (χ2v) is 10.4. The molecule has 0 bridgehead atoms. The number of likely N-dealkylation sites (tertiary alicyclic amines) is 1. The molecule has 1 amide bonds. The summed E-state index contributed by atoms with van der Waals surface area (Å²) < 4.78 is 5.88. The molecule has 2 aromatic heterocycles. The molecule has 1 N–H and O–H groups in total. The SMILES string of the molecule is C[C@@H]1C[C@@H](C)CN(Cc2csc(NC(=O)C3CCN(c4nc5ccccc5o4)CC3)n2)C1. The number of benzene rings is 1. The van der Waals surface area contributed by atoms with Gasteiger partial charge in [0.25, 0.3) is 6.01 Å². The van der Waals surface area contributed by atoms with E-state index in [9.17, 15) is 4.79 Å². The predicted octanol–water partition coefficient (Wildman–Crippen LogP) is 4.62. The summed E-state index contributed by atoms with van der Waals surface area (Å²) in [5.74, 6) is 1.53. The molecule has 5 rings (SSSR count). The van der Waals surface area contributed by atoms with Crippen LogP contribution < -0.4 is 10.2 Å². The van der Waals surface area contributed by atoms with Crippen LogP contribution >= 0.6 is 11.3 Å². The van der Waals surface area contributed by atoms with Crippen molar-refractivity contribution in [3.05, 3.63) is 35.3 Å². The van der Waals surface area contributed by atoms with Crippen LogP contribution in [0, 0.1) is 17.8 Å². The molecule has 0 spiro atoms. The van der Waals surface area contributed by atoms with Gasteiger partial charge < -0.3 is 14.6 Å². The van der Waals surface area contributed by atoms with E-state index in [1.807, 2.05) is 24.3 Å². The van der Waals surface area contributed by atoms with Crippen molar-refractivity contribution >= 4 is 39.5 Å². The first-order valence-corrected chi connectivity index (χ1v) is 12.5. The molecule has 4 heterocycles. The van der Waals surface area contributed by atoms with E-state index in [2.05, 4.69) is 44.3 Å². The quantitative estimate of drug-likeness (QED) is 0.608. The van der Waals surface area contributed by atoms with Crippen molar-refractivity contribution in [3.8, 4) is 0 Å². The maximum atomic E-state index is 12.8. The monoisotopic (exact) mass is 453 g/mol. The smallest absolute Gasteiger partial charge is 0.298 e. The fraction of sp³-hybridized carbons (Fsp3) is 0.542. The van der Waals surface area contributed by atoms with E-state index in [1.165, 1.54) is 17.8 Å². The Morgan fingerprint density at radius 3 is 2.66 bits per heavy atom. The van der Waals surface area contributed by atoms with Gasteiger partial charge >= 0.3 is 0 Å². The van der Waals surface area contributed by atoms with Gasteiger partial charge in [0.15, 0.2) is 10.7 Å². The number of hydrogen-bond donors (Lipinski definition) is 1. The van der Waals surface area contributed by atoms with Crippen LogP contribution in [0.5, 0.6) is 0 Å². The molecule has 8 heteroatoms. The Kier molecular flexibility index (Phi) is 6.15. The van der Waals surface area contributed by atoms with Gasteiger partial charge in [-0.05, 0) is 43.2 Å². The van der Waals surface area contributed by atoms with Gasteiger partial charge in [-0.2, -0.15) is 4.98 Å². The summed E-state index contributed by atoms with van der Waals surface area (Å²) >= 11 is 1.53. The number of hydrogen-bond acceptors (Lipinski definition) is 7. The molecule has 2 atom stereocenters. The summed E-state index contributed by atoms with van der Waals surface area (Å²) in [6.45, 7) is 9.29. The number of nitrogens with zero attached hydrogens (tertiary/aromatic N) is 4. The number of para-hydroxylation sites is 2. The minimum Gasteiger partial charge on any atom is -0.423 e. The van der Waals surface area contributed by atoms with E-state index in [0.29, 0.717) is 11.1 Å². The van der Waals surface area contributed by atoms with Crippen LogP contribution in [-0.4, -0.2) is 47.0 Å². The number of oxazole rings is 1. The Morgan fingerprint density at radius 2 is 1.91 bits per heavy atom. The normalized spacial score (nSPS) is 23.0. The van der Waals surface area contributed by atoms with E-state index in [4.69, 9.17) is 4.42 Å². The lowest BCUT2D eigenvalue weighted by Gasteiger charge is -2.34. The average molecular weight is 454 g/mol. The summed E-state index contributed by atoms with van der Waals surface area (Å²) in [6, 6.07) is 8.45. The van der Waals surface area contributed by atoms with E-state index >= 15 is 0 Å². The number of thiazole rings is 1. The minimum atomic E-state index is -0.00762. The van der Waals surface area contributed by atoms with Gasteiger partial charge in [-0.3, -0.25) is 9.69 Å². The van der Waals surface area contributed by atoms with Crippen LogP contribution in [0.1, 0.15) is 38.8 Å². The Bertz CT molecular complexity index is 1030. The number of nitrogens with one attached hydrogen (secondary N) is 1. The van der Waals surface area contributed by atoms with E-state index in [0.717, 1.165) is 74.2 Å². The van der Waals surface area contributed by atoms with Crippen molar-refractivity contribution in [2.24, 2.45) is 17.8 Å². The molecule has 2 aliphatic rings. The van der Waals surface area contributed by atoms with Crippen LogP contribution in [0.2, 0.25) is 0 Å². The van der Waals surface area contributed by atoms with Crippen molar-refractivity contribution < 1.29 is 9.21 Å². The van der Waals surface area contributed by atoms with Crippen LogP contribution in [0.25, 0.3) is 11.1 Å². The Hall–Kier alpha value is -2.45. The number of rotatable bonds is 5. The molecule has 0 saturated carbocycles. The summed E-state index contributed by atoms with van der Waals surface area (Å²) in [5.41, 5.74) is 2.73. The molecule has 2 saturated heterocycles. The van der Waals surface area contributed by atoms with Crippen molar-refractivity contribution in [1.82, 2.24) is 14.9 Å². The third-order valence-corrected chi connectivity index (χ3v) is 7.34. The highest BCUT2D eigenvalue weighted by Gasteiger charge is 2.28. The number of piperidine rings is 2. The van der Waals surface area contributed by atoms with Crippen LogP contribution in [0.4, 0.5) is 11.1 Å². The second kappa shape index (κ2) is 9.19. The molecule has 3 aromatic rings. The highest BCUT2D eigenvalue weighted by atomic mass is 32.1. The maximum absolute atomic E-state index is 12.8. The van der Waals surface area contributed by atoms with Crippen LogP contribution in [0.3, 0.4) is 0 Å². The molecule has 1 aromatic carbocycles.